The first-order valence-electron chi connectivity index (χ1n) is 11.5. The van der Waals surface area contributed by atoms with Crippen LogP contribution in [0.2, 0.25) is 0 Å². The molecule has 1 heterocycles. The SMILES string of the molecule is CC(=O)C(CO)CCc1ccc(F)c(/C=C/c2cccc(-c3ccc4c(c3)OCCO4)c2C)c1. The summed E-state index contributed by atoms with van der Waals surface area (Å²) >= 11 is 0. The Labute approximate surface area is 199 Å². The van der Waals surface area contributed by atoms with Gasteiger partial charge in [0.25, 0.3) is 0 Å². The Morgan fingerprint density at radius 2 is 1.79 bits per heavy atom. The maximum Gasteiger partial charge on any atom is 0.161 e. The van der Waals surface area contributed by atoms with Crippen LogP contribution in [0.3, 0.4) is 0 Å². The zero-order valence-electron chi connectivity index (χ0n) is 19.5. The molecular formula is C29H29FO4. The van der Waals surface area contributed by atoms with Crippen LogP contribution in [0.15, 0.2) is 54.6 Å². The van der Waals surface area contributed by atoms with Crippen molar-refractivity contribution in [2.24, 2.45) is 5.92 Å². The number of hydrogen-bond donors (Lipinski definition) is 1. The Kier molecular flexibility index (Phi) is 7.43. The van der Waals surface area contributed by atoms with E-state index < -0.39 is 0 Å². The van der Waals surface area contributed by atoms with Gasteiger partial charge < -0.3 is 14.6 Å². The van der Waals surface area contributed by atoms with Crippen molar-refractivity contribution < 1.29 is 23.8 Å². The summed E-state index contributed by atoms with van der Waals surface area (Å²) in [6, 6.07) is 17.0. The summed E-state index contributed by atoms with van der Waals surface area (Å²) in [6.07, 6.45) is 4.84. The summed E-state index contributed by atoms with van der Waals surface area (Å²) in [5, 5.41) is 9.37. The normalized spacial score (nSPS) is 13.8. The van der Waals surface area contributed by atoms with E-state index in [9.17, 15) is 14.3 Å². The molecule has 0 fully saturated rings. The number of hydrogen-bond acceptors (Lipinski definition) is 4. The molecule has 1 N–H and O–H groups in total. The largest absolute Gasteiger partial charge is 0.486 e. The van der Waals surface area contributed by atoms with Gasteiger partial charge in [0, 0.05) is 11.5 Å². The second kappa shape index (κ2) is 10.7. The molecule has 0 saturated heterocycles. The third-order valence-electron chi connectivity index (χ3n) is 6.31. The Hall–Kier alpha value is -3.44. The molecule has 0 aliphatic carbocycles. The van der Waals surface area contributed by atoms with Crippen molar-refractivity contribution in [1.82, 2.24) is 0 Å². The van der Waals surface area contributed by atoms with Crippen molar-refractivity contribution in [2.75, 3.05) is 19.8 Å². The Morgan fingerprint density at radius 1 is 1.03 bits per heavy atom. The summed E-state index contributed by atoms with van der Waals surface area (Å²) < 4.78 is 25.9. The molecular weight excluding hydrogens is 431 g/mol. The lowest BCUT2D eigenvalue weighted by molar-refractivity contribution is -0.122. The molecule has 4 rings (SSSR count). The molecule has 0 amide bonds. The van der Waals surface area contributed by atoms with Gasteiger partial charge in [0.2, 0.25) is 0 Å². The maximum absolute atomic E-state index is 14.5. The highest BCUT2D eigenvalue weighted by Crippen LogP contribution is 2.36. The van der Waals surface area contributed by atoms with Gasteiger partial charge in [0.1, 0.15) is 24.8 Å². The number of halogens is 1. The van der Waals surface area contributed by atoms with Crippen LogP contribution in [0.25, 0.3) is 23.3 Å². The summed E-state index contributed by atoms with van der Waals surface area (Å²) in [7, 11) is 0. The van der Waals surface area contributed by atoms with Crippen LogP contribution in [-0.4, -0.2) is 30.7 Å². The third kappa shape index (κ3) is 5.37. The van der Waals surface area contributed by atoms with Gasteiger partial charge >= 0.3 is 0 Å². The minimum atomic E-state index is -0.380. The molecule has 0 bridgehead atoms. The molecule has 3 aromatic carbocycles. The number of carbonyl (C=O) groups is 1. The van der Waals surface area contributed by atoms with Crippen LogP contribution < -0.4 is 9.47 Å². The molecule has 1 aliphatic rings. The van der Waals surface area contributed by atoms with Crippen LogP contribution in [0.5, 0.6) is 11.5 Å². The number of ether oxygens (including phenoxy) is 2. The van der Waals surface area contributed by atoms with Crippen LogP contribution in [0.4, 0.5) is 4.39 Å². The lowest BCUT2D eigenvalue weighted by Gasteiger charge is -2.19. The number of aliphatic hydroxyl groups is 1. The molecule has 0 radical (unpaired) electrons. The topological polar surface area (TPSA) is 55.8 Å². The van der Waals surface area contributed by atoms with Crippen molar-refractivity contribution in [3.63, 3.8) is 0 Å². The quantitative estimate of drug-likeness (QED) is 0.427. The predicted octanol–water partition coefficient (Wildman–Crippen LogP) is 5.87. The molecule has 1 atom stereocenters. The predicted molar refractivity (Wildman–Crippen MR) is 133 cm³/mol. The molecule has 176 valence electrons. The minimum absolute atomic E-state index is 0.0295. The van der Waals surface area contributed by atoms with E-state index in [1.807, 2.05) is 36.4 Å². The minimum Gasteiger partial charge on any atom is -0.486 e. The second-order valence-electron chi connectivity index (χ2n) is 8.60. The molecule has 0 spiro atoms. The van der Waals surface area contributed by atoms with Crippen LogP contribution in [0, 0.1) is 18.7 Å². The molecule has 5 heteroatoms. The number of benzene rings is 3. The van der Waals surface area contributed by atoms with Crippen LogP contribution >= 0.6 is 0 Å². The van der Waals surface area contributed by atoms with Crippen molar-refractivity contribution in [3.8, 4) is 22.6 Å². The van der Waals surface area contributed by atoms with Gasteiger partial charge in [-0.05, 0) is 78.8 Å². The monoisotopic (exact) mass is 460 g/mol. The third-order valence-corrected chi connectivity index (χ3v) is 6.31. The van der Waals surface area contributed by atoms with Crippen molar-refractivity contribution in [3.05, 3.63) is 82.7 Å². The fourth-order valence-electron chi connectivity index (χ4n) is 4.18. The van der Waals surface area contributed by atoms with E-state index >= 15 is 0 Å². The van der Waals surface area contributed by atoms with Gasteiger partial charge in [0.05, 0.1) is 6.61 Å². The smallest absolute Gasteiger partial charge is 0.161 e. The van der Waals surface area contributed by atoms with Gasteiger partial charge in [-0.15, -0.1) is 0 Å². The van der Waals surface area contributed by atoms with E-state index in [0.717, 1.165) is 39.3 Å². The summed E-state index contributed by atoms with van der Waals surface area (Å²) in [5.41, 5.74) is 5.61. The first-order chi connectivity index (χ1) is 16.5. The van der Waals surface area contributed by atoms with E-state index in [4.69, 9.17) is 9.47 Å². The number of carbonyl (C=O) groups excluding carboxylic acids is 1. The molecule has 34 heavy (non-hydrogen) atoms. The fourth-order valence-corrected chi connectivity index (χ4v) is 4.18. The summed E-state index contributed by atoms with van der Waals surface area (Å²) in [5.74, 6) is 0.794. The van der Waals surface area contributed by atoms with E-state index in [1.54, 1.807) is 18.2 Å². The molecule has 3 aromatic rings. The number of fused-ring (bicyclic) bond motifs is 1. The standard InChI is InChI=1S/C29H29FO4/c1-19-22(4-3-5-26(19)23-11-13-28-29(17-23)34-15-14-33-28)9-10-24-16-21(7-12-27(24)30)6-8-25(18-31)20(2)32/h3-5,7,9-13,16-17,25,31H,6,8,14-15,18H2,1-2H3/b10-9+. The number of rotatable bonds is 8. The zero-order valence-corrected chi connectivity index (χ0v) is 19.5. The fraction of sp³-hybridized carbons (Fsp3) is 0.276. The van der Waals surface area contributed by atoms with Crippen LogP contribution in [-0.2, 0) is 11.2 Å². The molecule has 0 saturated carbocycles. The molecule has 4 nitrogen and oxygen atoms in total. The molecule has 1 aliphatic heterocycles. The average Bonchev–Trinajstić information content (AvgIpc) is 2.84. The Balaban J connectivity index is 1.56. The molecule has 0 aromatic heterocycles. The van der Waals surface area contributed by atoms with Gasteiger partial charge in [-0.3, -0.25) is 4.79 Å². The number of aryl methyl sites for hydroxylation is 1. The van der Waals surface area contributed by atoms with Gasteiger partial charge in [-0.25, -0.2) is 4.39 Å². The van der Waals surface area contributed by atoms with Crippen molar-refractivity contribution in [1.29, 1.82) is 0 Å². The number of aliphatic hydroxyl groups excluding tert-OH is 1. The Morgan fingerprint density at radius 3 is 2.56 bits per heavy atom. The second-order valence-corrected chi connectivity index (χ2v) is 8.60. The van der Waals surface area contributed by atoms with Crippen LogP contribution in [0.1, 0.15) is 35.6 Å². The van der Waals surface area contributed by atoms with Gasteiger partial charge in [0.15, 0.2) is 11.5 Å². The first-order valence-corrected chi connectivity index (χ1v) is 11.5. The van der Waals surface area contributed by atoms with E-state index in [0.29, 0.717) is 31.6 Å². The lowest BCUT2D eigenvalue weighted by atomic mass is 9.94. The lowest BCUT2D eigenvalue weighted by Crippen LogP contribution is -2.16. The summed E-state index contributed by atoms with van der Waals surface area (Å²) in [6.45, 7) is 4.47. The van der Waals surface area contributed by atoms with E-state index in [-0.39, 0.29) is 24.1 Å². The van der Waals surface area contributed by atoms with E-state index in [2.05, 4.69) is 13.0 Å². The highest BCUT2D eigenvalue weighted by Gasteiger charge is 2.15. The summed E-state index contributed by atoms with van der Waals surface area (Å²) in [4.78, 5) is 11.6. The highest BCUT2D eigenvalue weighted by molar-refractivity contribution is 5.79. The van der Waals surface area contributed by atoms with Gasteiger partial charge in [-0.1, -0.05) is 42.5 Å². The van der Waals surface area contributed by atoms with Crippen molar-refractivity contribution in [2.45, 2.75) is 26.7 Å². The average molecular weight is 461 g/mol. The van der Waals surface area contributed by atoms with Gasteiger partial charge in [-0.2, -0.15) is 0 Å². The maximum atomic E-state index is 14.5. The zero-order chi connectivity index (χ0) is 24.1. The number of ketones is 1. The van der Waals surface area contributed by atoms with Crippen molar-refractivity contribution >= 4 is 17.9 Å². The first kappa shape index (κ1) is 23.7. The Bertz CT molecular complexity index is 1210. The number of Topliss-reactive ketones (excluding diaryl/α,β-unsaturated/α-hetero) is 1. The van der Waals surface area contributed by atoms with E-state index in [1.165, 1.54) is 13.0 Å². The molecule has 1 unspecified atom stereocenters. The highest BCUT2D eigenvalue weighted by atomic mass is 19.1.